The molecular formula is C26H26N6O2. The molecule has 0 spiro atoms. The number of nitrogens with zero attached hydrogens (tertiary/aromatic N) is 3. The molecular weight excluding hydrogens is 428 g/mol. The predicted molar refractivity (Wildman–Crippen MR) is 133 cm³/mol. The summed E-state index contributed by atoms with van der Waals surface area (Å²) in [5.74, 6) is 1.24. The van der Waals surface area contributed by atoms with Crippen LogP contribution in [-0.4, -0.2) is 20.9 Å². The van der Waals surface area contributed by atoms with Crippen molar-refractivity contribution in [1.29, 1.82) is 0 Å². The minimum Gasteiger partial charge on any atom is -0.457 e. The number of hydrogen-bond donors (Lipinski definition) is 3. The molecule has 0 radical (unpaired) electrons. The van der Waals surface area contributed by atoms with Crippen LogP contribution in [0.4, 0.5) is 17.5 Å². The molecule has 4 rings (SSSR count). The molecule has 2 aromatic heterocycles. The van der Waals surface area contributed by atoms with Crippen LogP contribution in [0, 0.1) is 0 Å². The second kappa shape index (κ2) is 10.4. The highest BCUT2D eigenvalue weighted by Gasteiger charge is 2.08. The third-order valence-corrected chi connectivity index (χ3v) is 5.16. The average Bonchev–Trinajstić information content (AvgIpc) is 2.84. The largest absolute Gasteiger partial charge is 0.457 e. The molecule has 0 saturated carbocycles. The third kappa shape index (κ3) is 5.86. The highest BCUT2D eigenvalue weighted by atomic mass is 16.5. The first-order valence-electron chi connectivity index (χ1n) is 11.0. The summed E-state index contributed by atoms with van der Waals surface area (Å²) in [6, 6.07) is 20.7. The highest BCUT2D eigenvalue weighted by Crippen LogP contribution is 2.26. The van der Waals surface area contributed by atoms with Crippen molar-refractivity contribution in [3.8, 4) is 22.8 Å². The van der Waals surface area contributed by atoms with Gasteiger partial charge in [0.25, 0.3) is 5.91 Å². The Hall–Kier alpha value is -4.46. The van der Waals surface area contributed by atoms with Crippen molar-refractivity contribution in [2.75, 3.05) is 11.1 Å². The fraction of sp³-hybridized carbons (Fsp3) is 0.154. The number of rotatable bonds is 9. The van der Waals surface area contributed by atoms with Crippen molar-refractivity contribution in [2.24, 2.45) is 5.73 Å². The van der Waals surface area contributed by atoms with E-state index in [4.69, 9.17) is 16.2 Å². The van der Waals surface area contributed by atoms with E-state index in [-0.39, 0.29) is 11.6 Å². The minimum absolute atomic E-state index is 0.142. The first-order valence-corrected chi connectivity index (χ1v) is 11.0. The van der Waals surface area contributed by atoms with Gasteiger partial charge in [0.1, 0.15) is 23.0 Å². The van der Waals surface area contributed by atoms with Gasteiger partial charge < -0.3 is 21.5 Å². The standard InChI is InChI=1S/C26H26N6O2/c1-2-3-4-17-5-7-18(8-6-17)22-16-24(32-26(28)31-22)30-19-9-11-20(12-10-19)34-21-13-14-29-23(15-21)25(27)33/h5-16H,2-4H2,1H3,(H2,27,33)(H3,28,30,31,32). The van der Waals surface area contributed by atoms with E-state index in [0.717, 1.165) is 23.4 Å². The Labute approximate surface area is 198 Å². The number of benzene rings is 2. The lowest BCUT2D eigenvalue weighted by Crippen LogP contribution is -2.12. The molecule has 0 saturated heterocycles. The van der Waals surface area contributed by atoms with Crippen LogP contribution in [-0.2, 0) is 6.42 Å². The number of hydrogen-bond acceptors (Lipinski definition) is 7. The summed E-state index contributed by atoms with van der Waals surface area (Å²) in [5.41, 5.74) is 15.2. The Morgan fingerprint density at radius 3 is 2.44 bits per heavy atom. The number of ether oxygens (including phenoxy) is 1. The molecule has 0 fully saturated rings. The average molecular weight is 455 g/mol. The van der Waals surface area contributed by atoms with Gasteiger partial charge in [0.15, 0.2) is 0 Å². The van der Waals surface area contributed by atoms with Crippen LogP contribution in [0.1, 0.15) is 35.8 Å². The number of carbonyl (C=O) groups is 1. The Balaban J connectivity index is 1.46. The molecule has 0 bridgehead atoms. The molecule has 34 heavy (non-hydrogen) atoms. The number of anilines is 3. The number of primary amides is 1. The summed E-state index contributed by atoms with van der Waals surface area (Å²) in [7, 11) is 0. The second-order valence-corrected chi connectivity index (χ2v) is 7.79. The van der Waals surface area contributed by atoms with Crippen LogP contribution in [0.2, 0.25) is 0 Å². The molecule has 5 N–H and O–H groups in total. The van der Waals surface area contributed by atoms with Gasteiger partial charge in [0, 0.05) is 29.6 Å². The summed E-state index contributed by atoms with van der Waals surface area (Å²) >= 11 is 0. The van der Waals surface area contributed by atoms with E-state index in [1.807, 2.05) is 18.2 Å². The van der Waals surface area contributed by atoms with Crippen LogP contribution in [0.3, 0.4) is 0 Å². The van der Waals surface area contributed by atoms with Crippen molar-refractivity contribution in [2.45, 2.75) is 26.2 Å². The van der Waals surface area contributed by atoms with Gasteiger partial charge in [-0.25, -0.2) is 4.98 Å². The maximum absolute atomic E-state index is 11.3. The highest BCUT2D eigenvalue weighted by molar-refractivity contribution is 5.91. The molecule has 0 aliphatic rings. The Morgan fingerprint density at radius 1 is 0.971 bits per heavy atom. The van der Waals surface area contributed by atoms with E-state index in [0.29, 0.717) is 17.3 Å². The van der Waals surface area contributed by atoms with Gasteiger partial charge in [0.05, 0.1) is 5.69 Å². The molecule has 4 aromatic rings. The molecule has 0 aliphatic carbocycles. The van der Waals surface area contributed by atoms with Crippen LogP contribution >= 0.6 is 0 Å². The van der Waals surface area contributed by atoms with E-state index in [2.05, 4.69) is 51.5 Å². The quantitative estimate of drug-likeness (QED) is 0.321. The first-order chi connectivity index (χ1) is 16.5. The maximum Gasteiger partial charge on any atom is 0.267 e. The summed E-state index contributed by atoms with van der Waals surface area (Å²) < 4.78 is 5.78. The van der Waals surface area contributed by atoms with E-state index in [1.54, 1.807) is 18.2 Å². The lowest BCUT2D eigenvalue weighted by molar-refractivity contribution is 0.0995. The summed E-state index contributed by atoms with van der Waals surface area (Å²) in [6.07, 6.45) is 4.89. The number of nitrogens with two attached hydrogens (primary N) is 2. The summed E-state index contributed by atoms with van der Waals surface area (Å²) in [4.78, 5) is 23.9. The topological polar surface area (TPSA) is 129 Å². The van der Waals surface area contributed by atoms with Crippen LogP contribution in [0.5, 0.6) is 11.5 Å². The smallest absolute Gasteiger partial charge is 0.267 e. The van der Waals surface area contributed by atoms with E-state index >= 15 is 0 Å². The van der Waals surface area contributed by atoms with Crippen LogP contribution in [0.25, 0.3) is 11.3 Å². The van der Waals surface area contributed by atoms with E-state index in [9.17, 15) is 4.79 Å². The van der Waals surface area contributed by atoms with Crippen molar-refractivity contribution < 1.29 is 9.53 Å². The number of unbranched alkanes of at least 4 members (excludes halogenated alkanes) is 1. The Kier molecular flexibility index (Phi) is 6.98. The Morgan fingerprint density at radius 2 is 1.74 bits per heavy atom. The maximum atomic E-state index is 11.3. The van der Waals surface area contributed by atoms with Gasteiger partial charge in [0.2, 0.25) is 5.95 Å². The molecule has 0 aliphatic heterocycles. The first kappa shape index (κ1) is 22.7. The number of aromatic nitrogens is 3. The van der Waals surface area contributed by atoms with Gasteiger partial charge >= 0.3 is 0 Å². The van der Waals surface area contributed by atoms with Crippen molar-refractivity contribution in [3.63, 3.8) is 0 Å². The summed E-state index contributed by atoms with van der Waals surface area (Å²) in [5, 5.41) is 3.25. The van der Waals surface area contributed by atoms with Gasteiger partial charge in [-0.05, 0) is 48.7 Å². The molecule has 0 unspecified atom stereocenters. The molecule has 8 heteroatoms. The predicted octanol–water partition coefficient (Wildman–Crippen LogP) is 5.10. The van der Waals surface area contributed by atoms with Gasteiger partial charge in [-0.1, -0.05) is 37.6 Å². The molecule has 1 amide bonds. The fourth-order valence-electron chi connectivity index (χ4n) is 3.40. The number of aryl methyl sites for hydroxylation is 1. The molecule has 2 heterocycles. The molecule has 172 valence electrons. The molecule has 2 aromatic carbocycles. The normalized spacial score (nSPS) is 10.6. The zero-order valence-electron chi connectivity index (χ0n) is 18.9. The lowest BCUT2D eigenvalue weighted by atomic mass is 10.0. The minimum atomic E-state index is -0.610. The van der Waals surface area contributed by atoms with Gasteiger partial charge in [-0.2, -0.15) is 4.98 Å². The number of nitrogen functional groups attached to an aromatic ring is 1. The third-order valence-electron chi connectivity index (χ3n) is 5.16. The SMILES string of the molecule is CCCCc1ccc(-c2cc(Nc3ccc(Oc4ccnc(C(N)=O)c4)cc3)nc(N)n2)cc1. The number of amides is 1. The number of nitrogens with one attached hydrogen (secondary N) is 1. The van der Waals surface area contributed by atoms with Crippen molar-refractivity contribution in [3.05, 3.63) is 84.2 Å². The zero-order chi connectivity index (χ0) is 23.9. The second-order valence-electron chi connectivity index (χ2n) is 7.79. The number of carbonyl (C=O) groups excluding carboxylic acids is 1. The molecule has 0 atom stereocenters. The van der Waals surface area contributed by atoms with Crippen LogP contribution in [0.15, 0.2) is 72.9 Å². The van der Waals surface area contributed by atoms with Crippen molar-refractivity contribution in [1.82, 2.24) is 15.0 Å². The van der Waals surface area contributed by atoms with E-state index in [1.165, 1.54) is 30.7 Å². The fourth-order valence-corrected chi connectivity index (χ4v) is 3.40. The van der Waals surface area contributed by atoms with Crippen LogP contribution < -0.4 is 21.5 Å². The summed E-state index contributed by atoms with van der Waals surface area (Å²) in [6.45, 7) is 2.19. The van der Waals surface area contributed by atoms with Gasteiger partial charge in [-0.3, -0.25) is 9.78 Å². The monoisotopic (exact) mass is 454 g/mol. The van der Waals surface area contributed by atoms with E-state index < -0.39 is 5.91 Å². The molecule has 8 nitrogen and oxygen atoms in total. The van der Waals surface area contributed by atoms with Gasteiger partial charge in [-0.15, -0.1) is 0 Å². The zero-order valence-corrected chi connectivity index (χ0v) is 18.9. The lowest BCUT2D eigenvalue weighted by Gasteiger charge is -2.10. The Bertz CT molecular complexity index is 1270. The van der Waals surface area contributed by atoms with Crippen molar-refractivity contribution >= 4 is 23.4 Å². The number of pyridine rings is 1.